The zero-order valence-corrected chi connectivity index (χ0v) is 31.4. The number of benzene rings is 2. The van der Waals surface area contributed by atoms with Gasteiger partial charge in [-0.1, -0.05) is 80.1 Å². The number of piperidine rings is 1. The number of aliphatic hydroxyl groups is 1. The van der Waals surface area contributed by atoms with Crippen LogP contribution in [0.15, 0.2) is 97.7 Å². The van der Waals surface area contributed by atoms with Crippen LogP contribution in [0.2, 0.25) is 0 Å². The van der Waals surface area contributed by atoms with Gasteiger partial charge in [-0.25, -0.2) is 4.98 Å². The van der Waals surface area contributed by atoms with E-state index in [2.05, 4.69) is 39.9 Å². The Morgan fingerprint density at radius 1 is 0.904 bits per heavy atom. The highest BCUT2D eigenvalue weighted by Crippen LogP contribution is 2.31. The van der Waals surface area contributed by atoms with E-state index in [4.69, 9.17) is 4.74 Å². The molecule has 2 aromatic carbocycles. The molecule has 3 aliphatic heterocycles. The fraction of sp³-hybridized carbons (Fsp3) is 0.488. The topological polar surface area (TPSA) is 101 Å². The van der Waals surface area contributed by atoms with Crippen LogP contribution in [0.1, 0.15) is 97.6 Å². The average molecular weight is 708 g/mol. The zero-order valence-electron chi connectivity index (χ0n) is 31.4. The first kappa shape index (κ1) is 39.0. The minimum atomic E-state index is -0.447. The first-order chi connectivity index (χ1) is 25.2. The Kier molecular flexibility index (Phi) is 14.7. The Morgan fingerprint density at radius 3 is 2.27 bits per heavy atom. The number of ether oxygens (including phenoxy) is 1. The van der Waals surface area contributed by atoms with Crippen molar-refractivity contribution in [1.82, 2.24) is 24.3 Å². The van der Waals surface area contributed by atoms with Gasteiger partial charge in [-0.15, -0.1) is 0 Å². The summed E-state index contributed by atoms with van der Waals surface area (Å²) in [7, 11) is 6.26. The third kappa shape index (κ3) is 10.7. The van der Waals surface area contributed by atoms with Crippen molar-refractivity contribution in [3.63, 3.8) is 0 Å². The molecule has 3 saturated heterocycles. The molecule has 278 valence electrons. The molecule has 5 heterocycles. The molecule has 0 spiro atoms. The molecule has 4 aromatic rings. The van der Waals surface area contributed by atoms with Gasteiger partial charge in [0.15, 0.2) is 5.78 Å². The predicted molar refractivity (Wildman–Crippen MR) is 205 cm³/mol. The van der Waals surface area contributed by atoms with Gasteiger partial charge in [0.25, 0.3) is 0 Å². The summed E-state index contributed by atoms with van der Waals surface area (Å²) in [5, 5.41) is 10.5. The molecule has 6 atom stereocenters. The van der Waals surface area contributed by atoms with Crippen LogP contribution in [0.4, 0.5) is 0 Å². The normalized spacial score (nSPS) is 23.9. The van der Waals surface area contributed by atoms with Gasteiger partial charge in [-0.3, -0.25) is 24.4 Å². The molecule has 52 heavy (non-hydrogen) atoms. The van der Waals surface area contributed by atoms with Gasteiger partial charge >= 0.3 is 5.97 Å². The number of rotatable bonds is 10. The lowest BCUT2D eigenvalue weighted by atomic mass is 9.88. The van der Waals surface area contributed by atoms with Crippen molar-refractivity contribution in [2.24, 2.45) is 18.9 Å². The van der Waals surface area contributed by atoms with Crippen LogP contribution in [0, 0.1) is 11.8 Å². The number of aliphatic hydroxyl groups excluding tert-OH is 1. The van der Waals surface area contributed by atoms with E-state index in [1.165, 1.54) is 24.9 Å². The van der Waals surface area contributed by atoms with E-state index < -0.39 is 6.10 Å². The number of ketones is 1. The highest BCUT2D eigenvalue weighted by atomic mass is 16.5. The second-order valence-electron chi connectivity index (χ2n) is 14.6. The summed E-state index contributed by atoms with van der Waals surface area (Å²) in [5.74, 6) is 0.559. The Morgan fingerprint density at radius 2 is 1.63 bits per heavy atom. The minimum absolute atomic E-state index is 0.0373. The lowest BCUT2D eigenvalue weighted by molar-refractivity contribution is -0.141. The second kappa shape index (κ2) is 19.6. The standard InChI is InChI=1S/C22H27NO2.C11H16N2O2.C10H14N2/c1-23-19(15-21(24)17-9-4-2-5-10-17)13-8-14-20(23)16-22(25)18-11-6-3-7-12-18;1-3-10-8(6-15-11(10)14)4-9-5-12-7-13(9)2;1-12-7-3-5-10(12)9-4-2-6-11-8-9/h2-7,9-12,19-21,24H,8,13-16H2,1H3;5,7-8,10H,3-4,6H2,1-2H3;2,4,6,8,10H,3,5,7H2,1H3/t19-,20+,21-;8-,10-;10-/m000/s1. The van der Waals surface area contributed by atoms with E-state index in [-0.39, 0.29) is 23.7 Å². The number of imidazole rings is 1. The number of likely N-dealkylation sites (tertiary alicyclic amines) is 2. The van der Waals surface area contributed by atoms with Crippen molar-refractivity contribution in [2.75, 3.05) is 27.2 Å². The molecule has 0 amide bonds. The quantitative estimate of drug-likeness (QED) is 0.136. The summed E-state index contributed by atoms with van der Waals surface area (Å²) >= 11 is 0. The molecule has 0 saturated carbocycles. The molecule has 9 nitrogen and oxygen atoms in total. The van der Waals surface area contributed by atoms with Crippen molar-refractivity contribution in [2.45, 2.75) is 88.9 Å². The number of cyclic esters (lactones) is 1. The number of hydrogen-bond acceptors (Lipinski definition) is 8. The summed E-state index contributed by atoms with van der Waals surface area (Å²) in [6, 6.07) is 24.8. The molecule has 0 radical (unpaired) electrons. The molecule has 2 aromatic heterocycles. The summed E-state index contributed by atoms with van der Waals surface area (Å²) in [5.41, 5.74) is 4.29. The summed E-state index contributed by atoms with van der Waals surface area (Å²) in [4.78, 5) is 36.8. The van der Waals surface area contributed by atoms with Crippen molar-refractivity contribution < 1.29 is 19.4 Å². The van der Waals surface area contributed by atoms with Crippen LogP contribution in [-0.4, -0.2) is 80.5 Å². The lowest BCUT2D eigenvalue weighted by Gasteiger charge is -2.40. The minimum Gasteiger partial charge on any atom is -0.465 e. The van der Waals surface area contributed by atoms with E-state index in [0.717, 1.165) is 55.3 Å². The van der Waals surface area contributed by atoms with Gasteiger partial charge in [-0.2, -0.15) is 0 Å². The zero-order chi connectivity index (χ0) is 36.9. The van der Waals surface area contributed by atoms with E-state index in [1.54, 1.807) is 6.33 Å². The number of Topliss-reactive ketones (excluding diaryl/α,β-unsaturated/α-hetero) is 1. The number of carbonyl (C=O) groups is 2. The SMILES string of the molecule is CC[C@@H]1C(=O)OC[C@@H]1Cc1cncn1C.CN1CCC[C@H]1c1cccnc1.CN1[C@@H](CC(=O)c2ccccc2)CCC[C@H]1C[C@H](O)c1ccccc1. The number of aryl methyl sites for hydroxylation is 1. The molecular weight excluding hydrogens is 651 g/mol. The summed E-state index contributed by atoms with van der Waals surface area (Å²) in [6.45, 7) is 3.82. The van der Waals surface area contributed by atoms with Gasteiger partial charge in [0.2, 0.25) is 0 Å². The monoisotopic (exact) mass is 707 g/mol. The maximum atomic E-state index is 12.5. The van der Waals surface area contributed by atoms with E-state index in [1.807, 2.05) is 104 Å². The average Bonchev–Trinajstić information content (AvgIpc) is 3.90. The second-order valence-corrected chi connectivity index (χ2v) is 14.6. The molecule has 7 rings (SSSR count). The number of carbonyl (C=O) groups excluding carboxylic acids is 2. The number of pyridine rings is 1. The number of esters is 1. The van der Waals surface area contributed by atoms with Crippen molar-refractivity contribution >= 4 is 11.8 Å². The van der Waals surface area contributed by atoms with Gasteiger partial charge in [0.05, 0.1) is 25.0 Å². The summed E-state index contributed by atoms with van der Waals surface area (Å²) in [6.07, 6.45) is 15.9. The predicted octanol–water partition coefficient (Wildman–Crippen LogP) is 7.25. The molecule has 9 heteroatoms. The van der Waals surface area contributed by atoms with Gasteiger partial charge < -0.3 is 14.4 Å². The fourth-order valence-corrected chi connectivity index (χ4v) is 7.91. The van der Waals surface area contributed by atoms with Gasteiger partial charge in [0, 0.05) is 67.4 Å². The third-order valence-corrected chi connectivity index (χ3v) is 11.2. The Labute approximate surface area is 310 Å². The summed E-state index contributed by atoms with van der Waals surface area (Å²) < 4.78 is 7.08. The van der Waals surface area contributed by atoms with E-state index in [0.29, 0.717) is 31.0 Å². The van der Waals surface area contributed by atoms with Crippen molar-refractivity contribution in [3.8, 4) is 0 Å². The van der Waals surface area contributed by atoms with Crippen molar-refractivity contribution in [1.29, 1.82) is 0 Å². The van der Waals surface area contributed by atoms with Crippen LogP contribution >= 0.6 is 0 Å². The highest BCUT2D eigenvalue weighted by molar-refractivity contribution is 5.96. The van der Waals surface area contributed by atoms with Crippen LogP contribution in [0.5, 0.6) is 0 Å². The van der Waals surface area contributed by atoms with E-state index in [9.17, 15) is 14.7 Å². The Bertz CT molecular complexity index is 1650. The molecule has 0 aliphatic carbocycles. The molecule has 3 aliphatic rings. The highest BCUT2D eigenvalue weighted by Gasteiger charge is 2.36. The maximum Gasteiger partial charge on any atom is 0.309 e. The number of nitrogens with zero attached hydrogens (tertiary/aromatic N) is 5. The first-order valence-corrected chi connectivity index (χ1v) is 19.0. The lowest BCUT2D eigenvalue weighted by Crippen LogP contribution is -2.45. The maximum absolute atomic E-state index is 12.5. The van der Waals surface area contributed by atoms with Crippen molar-refractivity contribution in [3.05, 3.63) is 120 Å². The molecule has 1 N–H and O–H groups in total. The fourth-order valence-electron chi connectivity index (χ4n) is 7.91. The third-order valence-electron chi connectivity index (χ3n) is 11.2. The van der Waals surface area contributed by atoms with Gasteiger partial charge in [0.1, 0.15) is 0 Å². The molecular formula is C43H57N5O4. The molecule has 0 unspecified atom stereocenters. The van der Waals surface area contributed by atoms with Crippen LogP contribution < -0.4 is 0 Å². The van der Waals surface area contributed by atoms with Crippen LogP contribution in [-0.2, 0) is 23.0 Å². The van der Waals surface area contributed by atoms with Gasteiger partial charge in [-0.05, 0) is 82.8 Å². The van der Waals surface area contributed by atoms with Crippen LogP contribution in [0.25, 0.3) is 0 Å². The van der Waals surface area contributed by atoms with Crippen LogP contribution in [0.3, 0.4) is 0 Å². The Hall–Kier alpha value is -4.18. The molecule has 3 fully saturated rings. The number of aromatic nitrogens is 3. The molecule has 0 bridgehead atoms. The number of hydrogen-bond donors (Lipinski definition) is 1. The smallest absolute Gasteiger partial charge is 0.309 e. The first-order valence-electron chi connectivity index (χ1n) is 19.0. The van der Waals surface area contributed by atoms with E-state index >= 15 is 0 Å². The Balaban J connectivity index is 0.000000164. The largest absolute Gasteiger partial charge is 0.465 e.